The highest BCUT2D eigenvalue weighted by atomic mass is 16.5. The molecule has 4 rings (SSSR count). The molecular weight excluding hydrogens is 446 g/mol. The third-order valence-corrected chi connectivity index (χ3v) is 5.86. The number of ether oxygens (including phenoxy) is 2. The Hall–Kier alpha value is -4.07. The highest BCUT2D eigenvalue weighted by molar-refractivity contribution is 6.46. The molecule has 35 heavy (non-hydrogen) atoms. The molecule has 8 heteroatoms. The average Bonchev–Trinajstić information content (AvgIpc) is 3.47. The number of Topliss-reactive ketones (excluding diaryl/α,β-unsaturated/α-hetero) is 1. The van der Waals surface area contributed by atoms with E-state index in [-0.39, 0.29) is 11.3 Å². The molecule has 0 saturated carbocycles. The van der Waals surface area contributed by atoms with Crippen LogP contribution in [0.25, 0.3) is 5.76 Å². The number of hydrogen-bond acceptors (Lipinski definition) is 6. The Morgan fingerprint density at radius 2 is 1.57 bits per heavy atom. The fraction of sp³-hybridized carbons (Fsp3) is 0.296. The fourth-order valence-corrected chi connectivity index (χ4v) is 4.24. The molecule has 0 spiro atoms. The SMILES string of the molecule is CCOc1ccc(/C(O)=C2\C(=O)C(=O)N(CCCn3ccnc3)[C@H]2c2ccc(OCC)cc2)cc1. The zero-order valence-electron chi connectivity index (χ0n) is 19.9. The molecule has 1 atom stereocenters. The van der Waals surface area contributed by atoms with Gasteiger partial charge in [-0.15, -0.1) is 0 Å². The number of carbonyl (C=O) groups excluding carboxylic acids is 2. The lowest BCUT2D eigenvalue weighted by atomic mass is 9.95. The molecule has 1 aromatic heterocycles. The molecule has 1 aliphatic heterocycles. The number of ketones is 1. The minimum absolute atomic E-state index is 0.0750. The van der Waals surface area contributed by atoms with Gasteiger partial charge in [0.05, 0.1) is 31.2 Å². The van der Waals surface area contributed by atoms with Gasteiger partial charge in [-0.25, -0.2) is 4.98 Å². The van der Waals surface area contributed by atoms with Crippen molar-refractivity contribution in [2.75, 3.05) is 19.8 Å². The van der Waals surface area contributed by atoms with Gasteiger partial charge in [-0.1, -0.05) is 12.1 Å². The Morgan fingerprint density at radius 3 is 2.14 bits per heavy atom. The maximum atomic E-state index is 13.2. The van der Waals surface area contributed by atoms with E-state index in [9.17, 15) is 14.7 Å². The summed E-state index contributed by atoms with van der Waals surface area (Å²) >= 11 is 0. The van der Waals surface area contributed by atoms with Gasteiger partial charge in [0.2, 0.25) is 0 Å². The summed E-state index contributed by atoms with van der Waals surface area (Å²) in [6.07, 6.45) is 5.89. The van der Waals surface area contributed by atoms with E-state index in [0.717, 1.165) is 5.56 Å². The Kier molecular flexibility index (Phi) is 7.50. The van der Waals surface area contributed by atoms with E-state index in [1.807, 2.05) is 36.7 Å². The first-order valence-corrected chi connectivity index (χ1v) is 11.7. The molecule has 8 nitrogen and oxygen atoms in total. The van der Waals surface area contributed by atoms with E-state index in [2.05, 4.69) is 4.98 Å². The fourth-order valence-electron chi connectivity index (χ4n) is 4.24. The molecule has 0 radical (unpaired) electrons. The number of likely N-dealkylation sites (tertiary alicyclic amines) is 1. The van der Waals surface area contributed by atoms with Crippen LogP contribution in [0.5, 0.6) is 11.5 Å². The van der Waals surface area contributed by atoms with Crippen LogP contribution in [0, 0.1) is 0 Å². The van der Waals surface area contributed by atoms with Crippen molar-refractivity contribution in [2.24, 2.45) is 0 Å². The number of hydrogen-bond donors (Lipinski definition) is 1. The van der Waals surface area contributed by atoms with Gasteiger partial charge >= 0.3 is 0 Å². The van der Waals surface area contributed by atoms with Crippen LogP contribution in [-0.2, 0) is 16.1 Å². The zero-order chi connectivity index (χ0) is 24.8. The van der Waals surface area contributed by atoms with E-state index in [1.54, 1.807) is 48.9 Å². The van der Waals surface area contributed by atoms with Crippen LogP contribution in [0.3, 0.4) is 0 Å². The van der Waals surface area contributed by atoms with E-state index < -0.39 is 17.7 Å². The van der Waals surface area contributed by atoms with E-state index in [0.29, 0.717) is 49.8 Å². The molecule has 1 amide bonds. The van der Waals surface area contributed by atoms with Gasteiger partial charge in [0.15, 0.2) is 0 Å². The summed E-state index contributed by atoms with van der Waals surface area (Å²) in [5, 5.41) is 11.2. The van der Waals surface area contributed by atoms with Gasteiger partial charge < -0.3 is 24.0 Å². The molecule has 0 bridgehead atoms. The first kappa shape index (κ1) is 24.1. The van der Waals surface area contributed by atoms with Crippen LogP contribution >= 0.6 is 0 Å². The molecule has 1 aliphatic rings. The van der Waals surface area contributed by atoms with Crippen molar-refractivity contribution in [2.45, 2.75) is 32.9 Å². The van der Waals surface area contributed by atoms with E-state index >= 15 is 0 Å². The van der Waals surface area contributed by atoms with Crippen molar-refractivity contribution in [1.29, 1.82) is 0 Å². The van der Waals surface area contributed by atoms with Crippen molar-refractivity contribution in [1.82, 2.24) is 14.5 Å². The number of carbonyl (C=O) groups is 2. The summed E-state index contributed by atoms with van der Waals surface area (Å²) in [4.78, 5) is 31.9. The van der Waals surface area contributed by atoms with Gasteiger partial charge in [-0.2, -0.15) is 0 Å². The van der Waals surface area contributed by atoms with E-state index in [4.69, 9.17) is 9.47 Å². The normalized spacial score (nSPS) is 17.1. The lowest BCUT2D eigenvalue weighted by Crippen LogP contribution is -2.31. The average molecular weight is 476 g/mol. The quantitative estimate of drug-likeness (QED) is 0.268. The number of aliphatic hydroxyl groups is 1. The van der Waals surface area contributed by atoms with Crippen LogP contribution in [0.4, 0.5) is 0 Å². The van der Waals surface area contributed by atoms with Crippen LogP contribution in [0.1, 0.15) is 37.4 Å². The Bertz CT molecular complexity index is 1180. The maximum absolute atomic E-state index is 13.2. The summed E-state index contributed by atoms with van der Waals surface area (Å²) in [5.74, 6) is -0.172. The van der Waals surface area contributed by atoms with Crippen LogP contribution < -0.4 is 9.47 Å². The van der Waals surface area contributed by atoms with Crippen LogP contribution in [0.15, 0.2) is 72.8 Å². The number of amides is 1. The Balaban J connectivity index is 1.70. The lowest BCUT2D eigenvalue weighted by molar-refractivity contribution is -0.139. The Morgan fingerprint density at radius 1 is 0.943 bits per heavy atom. The van der Waals surface area contributed by atoms with Crippen molar-refractivity contribution in [3.63, 3.8) is 0 Å². The molecular formula is C27H29N3O5. The van der Waals surface area contributed by atoms with Crippen LogP contribution in [-0.4, -0.2) is 51.0 Å². The number of aryl methyl sites for hydroxylation is 1. The Labute approximate surface area is 204 Å². The van der Waals surface area contributed by atoms with Crippen molar-refractivity contribution >= 4 is 17.4 Å². The van der Waals surface area contributed by atoms with Gasteiger partial charge in [0.25, 0.3) is 11.7 Å². The van der Waals surface area contributed by atoms with Gasteiger partial charge in [-0.3, -0.25) is 9.59 Å². The first-order valence-electron chi connectivity index (χ1n) is 11.7. The number of nitrogens with zero attached hydrogens (tertiary/aromatic N) is 3. The monoisotopic (exact) mass is 475 g/mol. The molecule has 0 unspecified atom stereocenters. The van der Waals surface area contributed by atoms with Gasteiger partial charge in [0.1, 0.15) is 17.3 Å². The molecule has 182 valence electrons. The predicted molar refractivity (Wildman–Crippen MR) is 131 cm³/mol. The smallest absolute Gasteiger partial charge is 0.295 e. The zero-order valence-corrected chi connectivity index (χ0v) is 19.9. The maximum Gasteiger partial charge on any atom is 0.295 e. The molecule has 3 aromatic rings. The summed E-state index contributed by atoms with van der Waals surface area (Å²) < 4.78 is 12.9. The lowest BCUT2D eigenvalue weighted by Gasteiger charge is -2.25. The van der Waals surface area contributed by atoms with Gasteiger partial charge in [0, 0.05) is 31.0 Å². The second kappa shape index (κ2) is 10.9. The number of aliphatic hydroxyl groups excluding tert-OH is 1. The van der Waals surface area contributed by atoms with Crippen molar-refractivity contribution in [3.05, 3.63) is 84.0 Å². The molecule has 2 heterocycles. The minimum atomic E-state index is -0.708. The first-order chi connectivity index (χ1) is 17.0. The highest BCUT2D eigenvalue weighted by Crippen LogP contribution is 2.40. The third kappa shape index (κ3) is 5.21. The minimum Gasteiger partial charge on any atom is -0.507 e. The number of imidazole rings is 1. The van der Waals surface area contributed by atoms with E-state index in [1.165, 1.54) is 4.90 Å². The molecule has 1 N–H and O–H groups in total. The third-order valence-electron chi connectivity index (χ3n) is 5.86. The highest BCUT2D eigenvalue weighted by Gasteiger charge is 2.45. The summed E-state index contributed by atoms with van der Waals surface area (Å²) in [6.45, 7) is 5.84. The van der Waals surface area contributed by atoms with Crippen LogP contribution in [0.2, 0.25) is 0 Å². The second-order valence-electron chi connectivity index (χ2n) is 8.11. The number of rotatable bonds is 10. The molecule has 1 fully saturated rings. The van der Waals surface area contributed by atoms with Crippen molar-refractivity contribution in [3.8, 4) is 11.5 Å². The largest absolute Gasteiger partial charge is 0.507 e. The van der Waals surface area contributed by atoms with Gasteiger partial charge in [-0.05, 0) is 62.2 Å². The second-order valence-corrected chi connectivity index (χ2v) is 8.11. The predicted octanol–water partition coefficient (Wildman–Crippen LogP) is 4.19. The molecule has 2 aromatic carbocycles. The summed E-state index contributed by atoms with van der Waals surface area (Å²) in [6, 6.07) is 13.4. The number of aromatic nitrogens is 2. The number of benzene rings is 2. The molecule has 0 aliphatic carbocycles. The topological polar surface area (TPSA) is 93.9 Å². The molecule has 1 saturated heterocycles. The van der Waals surface area contributed by atoms with Crippen molar-refractivity contribution < 1.29 is 24.2 Å². The summed E-state index contributed by atoms with van der Waals surface area (Å²) in [7, 11) is 0. The summed E-state index contributed by atoms with van der Waals surface area (Å²) in [5.41, 5.74) is 1.24. The standard InChI is InChI=1S/C27H29N3O5/c1-3-34-21-10-6-19(7-11-21)24-23(25(31)20-8-12-22(13-9-20)35-4-2)26(32)27(33)30(24)16-5-15-29-17-14-28-18-29/h6-14,17-18,24,31H,3-5,15-16H2,1-2H3/b25-23+/t24-/m0/s1.